The van der Waals surface area contributed by atoms with E-state index in [2.05, 4.69) is 17.5 Å². The highest BCUT2D eigenvalue weighted by Crippen LogP contribution is 2.38. The third kappa shape index (κ3) is 3.27. The van der Waals surface area contributed by atoms with Crippen LogP contribution in [0.5, 0.6) is 11.5 Å². The lowest BCUT2D eigenvalue weighted by atomic mass is 9.94. The van der Waals surface area contributed by atoms with Gasteiger partial charge in [-0.2, -0.15) is 5.10 Å². The number of nitrogen functional groups attached to an aromatic ring is 1. The molecule has 3 N–H and O–H groups in total. The van der Waals surface area contributed by atoms with Gasteiger partial charge in [0.25, 0.3) is 5.91 Å². The standard InChI is InChI=1S/C20H19N5O3S/c1-11-6-13-7-16-17(28-10-27-16)8-15(13)19(12-2-4-14(21)5-3-12)24-25(11)20-23-22-18(26)9-29-20/h2-5,7-8,11H,6,9-10,21H2,1H3,(H,22,26). The summed E-state index contributed by atoms with van der Waals surface area (Å²) >= 11 is 1.38. The van der Waals surface area contributed by atoms with E-state index in [9.17, 15) is 4.79 Å². The van der Waals surface area contributed by atoms with Crippen molar-refractivity contribution in [2.24, 2.45) is 10.2 Å². The van der Waals surface area contributed by atoms with Crippen LogP contribution in [0, 0.1) is 0 Å². The second-order valence-electron chi connectivity index (χ2n) is 7.05. The summed E-state index contributed by atoms with van der Waals surface area (Å²) in [6.07, 6.45) is 0.738. The van der Waals surface area contributed by atoms with Crippen molar-refractivity contribution >= 4 is 34.2 Å². The SMILES string of the molecule is CC1Cc2cc3c(cc2C(c2ccc(N)cc2)=NN1C1=NNC(=O)CS1)OCO3. The van der Waals surface area contributed by atoms with Crippen LogP contribution in [0.2, 0.25) is 0 Å². The Kier molecular flexibility index (Phi) is 4.31. The molecule has 2 aromatic rings. The van der Waals surface area contributed by atoms with Crippen molar-refractivity contribution in [3.05, 3.63) is 53.1 Å². The molecule has 3 heterocycles. The molecule has 1 atom stereocenters. The Morgan fingerprint density at radius 2 is 1.97 bits per heavy atom. The van der Waals surface area contributed by atoms with Crippen molar-refractivity contribution in [1.82, 2.24) is 10.4 Å². The van der Waals surface area contributed by atoms with Gasteiger partial charge in [0.1, 0.15) is 0 Å². The number of carbonyl (C=O) groups is 1. The number of fused-ring (bicyclic) bond motifs is 2. The number of carbonyl (C=O) groups excluding carboxylic acids is 1. The molecule has 0 radical (unpaired) electrons. The van der Waals surface area contributed by atoms with Gasteiger partial charge in [-0.05, 0) is 43.2 Å². The predicted octanol–water partition coefficient (Wildman–Crippen LogP) is 2.13. The summed E-state index contributed by atoms with van der Waals surface area (Å²) in [6.45, 7) is 2.31. The summed E-state index contributed by atoms with van der Waals surface area (Å²) in [5, 5.41) is 11.7. The summed E-state index contributed by atoms with van der Waals surface area (Å²) in [4.78, 5) is 11.5. The number of hydrogen-bond donors (Lipinski definition) is 2. The molecule has 8 nitrogen and oxygen atoms in total. The molecule has 0 saturated heterocycles. The van der Waals surface area contributed by atoms with E-state index in [0.29, 0.717) is 22.4 Å². The van der Waals surface area contributed by atoms with Gasteiger partial charge < -0.3 is 15.2 Å². The zero-order valence-electron chi connectivity index (χ0n) is 15.7. The fourth-order valence-electron chi connectivity index (χ4n) is 3.55. The van der Waals surface area contributed by atoms with E-state index >= 15 is 0 Å². The lowest BCUT2D eigenvalue weighted by Crippen LogP contribution is -2.39. The largest absolute Gasteiger partial charge is 0.454 e. The molecule has 5 rings (SSSR count). The van der Waals surface area contributed by atoms with Crippen molar-refractivity contribution < 1.29 is 14.3 Å². The number of hydrazone groups is 2. The Labute approximate surface area is 171 Å². The molecule has 1 amide bonds. The maximum atomic E-state index is 11.5. The van der Waals surface area contributed by atoms with Gasteiger partial charge in [0.2, 0.25) is 12.0 Å². The number of nitrogens with one attached hydrogen (secondary N) is 1. The average Bonchev–Trinajstić information content (AvgIpc) is 3.12. The number of benzene rings is 2. The van der Waals surface area contributed by atoms with Crippen LogP contribution in [0.15, 0.2) is 46.6 Å². The molecule has 29 heavy (non-hydrogen) atoms. The van der Waals surface area contributed by atoms with Gasteiger partial charge in [-0.3, -0.25) is 4.79 Å². The number of ether oxygens (including phenoxy) is 2. The van der Waals surface area contributed by atoms with Crippen molar-refractivity contribution in [3.63, 3.8) is 0 Å². The predicted molar refractivity (Wildman–Crippen MR) is 112 cm³/mol. The van der Waals surface area contributed by atoms with Crippen LogP contribution >= 0.6 is 11.8 Å². The number of amidine groups is 1. The molecule has 1 unspecified atom stereocenters. The lowest BCUT2D eigenvalue weighted by molar-refractivity contribution is -0.118. The number of anilines is 1. The highest BCUT2D eigenvalue weighted by molar-refractivity contribution is 8.14. The topological polar surface area (TPSA) is 102 Å². The number of rotatable bonds is 1. The van der Waals surface area contributed by atoms with Gasteiger partial charge in [-0.15, -0.1) is 5.10 Å². The van der Waals surface area contributed by atoms with Crippen LogP contribution in [0.25, 0.3) is 0 Å². The first kappa shape index (κ1) is 17.9. The molecule has 2 aromatic carbocycles. The number of hydrogen-bond acceptors (Lipinski definition) is 8. The fourth-order valence-corrected chi connectivity index (χ4v) is 4.33. The highest BCUT2D eigenvalue weighted by Gasteiger charge is 2.30. The van der Waals surface area contributed by atoms with Gasteiger partial charge in [0.05, 0.1) is 17.5 Å². The minimum Gasteiger partial charge on any atom is -0.454 e. The monoisotopic (exact) mass is 409 g/mol. The smallest absolute Gasteiger partial charge is 0.250 e. The van der Waals surface area contributed by atoms with E-state index in [-0.39, 0.29) is 18.7 Å². The van der Waals surface area contributed by atoms with Gasteiger partial charge >= 0.3 is 0 Å². The van der Waals surface area contributed by atoms with Crippen LogP contribution in [-0.2, 0) is 11.2 Å². The summed E-state index contributed by atoms with van der Waals surface area (Å²) in [5.41, 5.74) is 13.0. The molecule has 3 aliphatic rings. The zero-order chi connectivity index (χ0) is 20.0. The molecule has 148 valence electrons. The summed E-state index contributed by atoms with van der Waals surface area (Å²) in [5.74, 6) is 1.66. The molecule has 0 saturated carbocycles. The van der Waals surface area contributed by atoms with Crippen molar-refractivity contribution in [2.45, 2.75) is 19.4 Å². The number of thioether (sulfide) groups is 1. The van der Waals surface area contributed by atoms with Crippen molar-refractivity contribution in [3.8, 4) is 11.5 Å². The number of nitrogens with two attached hydrogens (primary N) is 1. The lowest BCUT2D eigenvalue weighted by Gasteiger charge is -2.27. The van der Waals surface area contributed by atoms with Gasteiger partial charge in [-0.25, -0.2) is 10.4 Å². The number of amides is 1. The van der Waals surface area contributed by atoms with Gasteiger partial charge in [0.15, 0.2) is 11.5 Å². The Hall–Kier alpha value is -3.20. The summed E-state index contributed by atoms with van der Waals surface area (Å²) < 4.78 is 11.2. The minimum absolute atomic E-state index is 0.0293. The molecule has 0 bridgehead atoms. The fraction of sp³-hybridized carbons (Fsp3) is 0.250. The second-order valence-corrected chi connectivity index (χ2v) is 7.99. The van der Waals surface area contributed by atoms with E-state index in [1.54, 1.807) is 0 Å². The molecular weight excluding hydrogens is 390 g/mol. The molecule has 0 spiro atoms. The minimum atomic E-state index is -0.113. The zero-order valence-corrected chi connectivity index (χ0v) is 16.5. The van der Waals surface area contributed by atoms with E-state index in [0.717, 1.165) is 34.6 Å². The molecule has 0 aliphatic carbocycles. The molecular formula is C20H19N5O3S. The van der Waals surface area contributed by atoms with E-state index in [1.807, 2.05) is 41.4 Å². The van der Waals surface area contributed by atoms with E-state index < -0.39 is 0 Å². The normalized spacial score (nSPS) is 20.4. The maximum Gasteiger partial charge on any atom is 0.250 e. The molecule has 0 fully saturated rings. The van der Waals surface area contributed by atoms with Crippen molar-refractivity contribution in [1.29, 1.82) is 0 Å². The third-order valence-electron chi connectivity index (χ3n) is 4.98. The van der Waals surface area contributed by atoms with Crippen LogP contribution in [-0.4, -0.2) is 40.4 Å². The van der Waals surface area contributed by atoms with E-state index in [1.165, 1.54) is 11.8 Å². The van der Waals surface area contributed by atoms with E-state index in [4.69, 9.17) is 20.3 Å². The highest BCUT2D eigenvalue weighted by atomic mass is 32.2. The average molecular weight is 409 g/mol. The van der Waals surface area contributed by atoms with Gasteiger partial charge in [-0.1, -0.05) is 23.9 Å². The third-order valence-corrected chi connectivity index (χ3v) is 5.93. The van der Waals surface area contributed by atoms with Crippen LogP contribution in [0.3, 0.4) is 0 Å². The van der Waals surface area contributed by atoms with Crippen LogP contribution in [0.1, 0.15) is 23.6 Å². The number of nitrogens with zero attached hydrogens (tertiary/aromatic N) is 3. The summed E-state index contributed by atoms with van der Waals surface area (Å²) in [7, 11) is 0. The first-order valence-corrected chi connectivity index (χ1v) is 10.2. The maximum absolute atomic E-state index is 11.5. The quantitative estimate of drug-likeness (QED) is 0.700. The Morgan fingerprint density at radius 3 is 2.69 bits per heavy atom. The van der Waals surface area contributed by atoms with Crippen molar-refractivity contribution in [2.75, 3.05) is 18.3 Å². The van der Waals surface area contributed by atoms with Crippen LogP contribution < -0.4 is 20.6 Å². The summed E-state index contributed by atoms with van der Waals surface area (Å²) in [6, 6.07) is 11.7. The van der Waals surface area contributed by atoms with Crippen LogP contribution in [0.4, 0.5) is 5.69 Å². The Morgan fingerprint density at radius 1 is 1.21 bits per heavy atom. The van der Waals surface area contributed by atoms with Gasteiger partial charge in [0, 0.05) is 16.8 Å². The Bertz CT molecular complexity index is 1050. The first-order chi connectivity index (χ1) is 14.1. The molecule has 0 aromatic heterocycles. The molecule has 3 aliphatic heterocycles. The second kappa shape index (κ2) is 7.00. The Balaban J connectivity index is 1.66. The first-order valence-electron chi connectivity index (χ1n) is 9.24. The molecule has 9 heteroatoms.